The van der Waals surface area contributed by atoms with Gasteiger partial charge in [-0.3, -0.25) is 4.79 Å². The van der Waals surface area contributed by atoms with Crippen molar-refractivity contribution in [1.29, 1.82) is 5.26 Å². The molecule has 6 heteroatoms. The summed E-state index contributed by atoms with van der Waals surface area (Å²) in [4.78, 5) is 12.7. The van der Waals surface area contributed by atoms with E-state index in [0.29, 0.717) is 29.4 Å². The second-order valence-electron chi connectivity index (χ2n) is 7.92. The van der Waals surface area contributed by atoms with E-state index >= 15 is 0 Å². The minimum Gasteiger partial charge on any atom is -0.493 e. The van der Waals surface area contributed by atoms with Gasteiger partial charge in [0.25, 0.3) is 5.91 Å². The molecule has 0 unspecified atom stereocenters. The number of methoxy groups -OCH3 is 1. The molecule has 1 amide bonds. The number of hydrogen-bond acceptors (Lipinski definition) is 4. The smallest absolute Gasteiger partial charge is 0.266 e. The lowest BCUT2D eigenvalue weighted by Crippen LogP contribution is -2.13. The number of nitrogens with one attached hydrogen (secondary N) is 1. The molecule has 0 spiro atoms. The molecule has 0 aromatic heterocycles. The molecule has 0 bridgehead atoms. The highest BCUT2D eigenvalue weighted by molar-refractivity contribution is 14.1. The second kappa shape index (κ2) is 11.7. The van der Waals surface area contributed by atoms with Gasteiger partial charge in [0, 0.05) is 5.69 Å². The summed E-state index contributed by atoms with van der Waals surface area (Å²) < 4.78 is 12.4. The largest absolute Gasteiger partial charge is 0.493 e. The van der Waals surface area contributed by atoms with Gasteiger partial charge in [-0.2, -0.15) is 5.26 Å². The molecule has 0 heterocycles. The highest BCUT2D eigenvalue weighted by Crippen LogP contribution is 2.35. The van der Waals surface area contributed by atoms with Crippen molar-refractivity contribution in [3.63, 3.8) is 0 Å². The monoisotopic (exact) mass is 566 g/mol. The molecule has 3 aromatic rings. The quantitative estimate of drug-likeness (QED) is 0.189. The maximum atomic E-state index is 12.7. The van der Waals surface area contributed by atoms with Crippen LogP contribution in [0.4, 0.5) is 5.69 Å². The topological polar surface area (TPSA) is 71.4 Å². The Morgan fingerprint density at radius 3 is 2.38 bits per heavy atom. The van der Waals surface area contributed by atoms with E-state index in [1.165, 1.54) is 16.7 Å². The van der Waals surface area contributed by atoms with E-state index in [0.717, 1.165) is 15.6 Å². The predicted octanol–water partition coefficient (Wildman–Crippen LogP) is 6.60. The van der Waals surface area contributed by atoms with Gasteiger partial charge in [0.15, 0.2) is 11.5 Å². The van der Waals surface area contributed by atoms with Crippen molar-refractivity contribution in [3.05, 3.63) is 91.6 Å². The fourth-order valence-electron chi connectivity index (χ4n) is 3.35. The van der Waals surface area contributed by atoms with Gasteiger partial charge in [-0.15, -0.1) is 0 Å². The summed E-state index contributed by atoms with van der Waals surface area (Å²) in [6.07, 6.45) is 2.47. The molecule has 0 aliphatic heterocycles. The first-order valence-corrected chi connectivity index (χ1v) is 12.0. The van der Waals surface area contributed by atoms with Crippen LogP contribution in [0.15, 0.2) is 60.2 Å². The number of carbonyl (C=O) groups excluding carboxylic acids is 1. The van der Waals surface area contributed by atoms with Crippen LogP contribution in [-0.2, 0) is 17.8 Å². The Morgan fingerprint density at radius 1 is 1.06 bits per heavy atom. The SMILES string of the molecule is CCc1ccc(NC(=O)/C(C#N)=C/c2cc(I)c(OCc3ccc(C)c(C)c3)c(OC)c2)cc1. The lowest BCUT2D eigenvalue weighted by Gasteiger charge is -2.14. The van der Waals surface area contributed by atoms with Crippen LogP contribution in [0.5, 0.6) is 11.5 Å². The Hall–Kier alpha value is -3.31. The van der Waals surface area contributed by atoms with E-state index < -0.39 is 5.91 Å². The number of benzene rings is 3. The molecule has 1 N–H and O–H groups in total. The molecule has 0 fully saturated rings. The average molecular weight is 566 g/mol. The molecule has 5 nitrogen and oxygen atoms in total. The first kappa shape index (κ1) is 25.3. The van der Waals surface area contributed by atoms with Gasteiger partial charge in [0.1, 0.15) is 18.2 Å². The number of aryl methyl sites for hydroxylation is 3. The average Bonchev–Trinajstić information content (AvgIpc) is 2.84. The van der Waals surface area contributed by atoms with Gasteiger partial charge in [-0.1, -0.05) is 37.3 Å². The van der Waals surface area contributed by atoms with Gasteiger partial charge < -0.3 is 14.8 Å². The van der Waals surface area contributed by atoms with Crippen LogP contribution in [0.1, 0.15) is 34.7 Å². The molecule has 0 radical (unpaired) electrons. The summed E-state index contributed by atoms with van der Waals surface area (Å²) >= 11 is 2.17. The van der Waals surface area contributed by atoms with Crippen molar-refractivity contribution in [1.82, 2.24) is 0 Å². The van der Waals surface area contributed by atoms with E-state index in [1.807, 2.05) is 42.5 Å². The maximum absolute atomic E-state index is 12.7. The summed E-state index contributed by atoms with van der Waals surface area (Å²) in [5, 5.41) is 12.4. The standard InChI is InChI=1S/C28H27IN2O3/c1-5-20-8-10-24(11-9-20)31-28(32)23(16-30)13-22-14-25(29)27(26(15-22)33-4)34-17-21-7-6-18(2)19(3)12-21/h6-15H,5,17H2,1-4H3,(H,31,32)/b23-13+. The van der Waals surface area contributed by atoms with E-state index in [4.69, 9.17) is 9.47 Å². The van der Waals surface area contributed by atoms with Gasteiger partial charge in [0.05, 0.1) is 10.7 Å². The van der Waals surface area contributed by atoms with E-state index in [1.54, 1.807) is 19.3 Å². The third-order valence-corrected chi connectivity index (χ3v) is 6.30. The van der Waals surface area contributed by atoms with Crippen LogP contribution in [0.25, 0.3) is 6.08 Å². The number of nitrogens with zero attached hydrogens (tertiary/aromatic N) is 1. The van der Waals surface area contributed by atoms with Gasteiger partial charge >= 0.3 is 0 Å². The Morgan fingerprint density at radius 2 is 1.76 bits per heavy atom. The first-order chi connectivity index (χ1) is 16.3. The van der Waals surface area contributed by atoms with Crippen molar-refractivity contribution in [3.8, 4) is 17.6 Å². The number of hydrogen-bond donors (Lipinski definition) is 1. The minimum absolute atomic E-state index is 0.00113. The van der Waals surface area contributed by atoms with E-state index in [9.17, 15) is 10.1 Å². The van der Waals surface area contributed by atoms with Crippen LogP contribution >= 0.6 is 22.6 Å². The van der Waals surface area contributed by atoms with Crippen LogP contribution in [0, 0.1) is 28.7 Å². The molecule has 0 atom stereocenters. The van der Waals surface area contributed by atoms with Crippen molar-refractivity contribution in [2.75, 3.05) is 12.4 Å². The van der Waals surface area contributed by atoms with Crippen LogP contribution in [0.3, 0.4) is 0 Å². The number of rotatable bonds is 8. The molecule has 3 aromatic carbocycles. The molecule has 0 aliphatic carbocycles. The summed E-state index contributed by atoms with van der Waals surface area (Å²) in [5.74, 6) is 0.697. The molecule has 0 saturated carbocycles. The summed E-state index contributed by atoms with van der Waals surface area (Å²) in [7, 11) is 1.57. The zero-order valence-corrected chi connectivity index (χ0v) is 21.9. The fraction of sp³-hybridized carbons (Fsp3) is 0.214. The first-order valence-electron chi connectivity index (χ1n) is 10.9. The Bertz CT molecular complexity index is 1260. The zero-order valence-electron chi connectivity index (χ0n) is 19.7. The molecule has 3 rings (SSSR count). The van der Waals surface area contributed by atoms with E-state index in [-0.39, 0.29) is 5.57 Å². The lowest BCUT2D eigenvalue weighted by molar-refractivity contribution is -0.112. The number of amides is 1. The minimum atomic E-state index is -0.462. The van der Waals surface area contributed by atoms with Gasteiger partial charge in [-0.05, 0) is 101 Å². The third kappa shape index (κ3) is 6.39. The van der Waals surface area contributed by atoms with Crippen LogP contribution < -0.4 is 14.8 Å². The molecule has 0 aliphatic rings. The number of carbonyl (C=O) groups is 1. The highest BCUT2D eigenvalue weighted by Gasteiger charge is 2.14. The lowest BCUT2D eigenvalue weighted by atomic mass is 10.1. The maximum Gasteiger partial charge on any atom is 0.266 e. The Labute approximate surface area is 214 Å². The number of ether oxygens (including phenoxy) is 2. The molecule has 0 saturated heterocycles. The molecular formula is C28H27IN2O3. The number of halogens is 1. The predicted molar refractivity (Wildman–Crippen MR) is 144 cm³/mol. The Balaban J connectivity index is 1.79. The third-order valence-electron chi connectivity index (χ3n) is 5.50. The number of nitriles is 1. The van der Waals surface area contributed by atoms with E-state index in [2.05, 4.69) is 60.8 Å². The van der Waals surface area contributed by atoms with Crippen molar-refractivity contribution in [2.45, 2.75) is 33.8 Å². The van der Waals surface area contributed by atoms with Crippen molar-refractivity contribution in [2.24, 2.45) is 0 Å². The summed E-state index contributed by atoms with van der Waals surface area (Å²) in [5.41, 5.74) is 6.02. The normalized spacial score (nSPS) is 11.0. The fourth-order valence-corrected chi connectivity index (χ4v) is 4.13. The molecular weight excluding hydrogens is 539 g/mol. The van der Waals surface area contributed by atoms with Crippen molar-refractivity contribution < 1.29 is 14.3 Å². The van der Waals surface area contributed by atoms with Crippen LogP contribution in [0.2, 0.25) is 0 Å². The van der Waals surface area contributed by atoms with Gasteiger partial charge in [-0.25, -0.2) is 0 Å². The molecule has 174 valence electrons. The Kier molecular flexibility index (Phi) is 8.72. The summed E-state index contributed by atoms with van der Waals surface area (Å²) in [6.45, 7) is 6.63. The highest BCUT2D eigenvalue weighted by atomic mass is 127. The zero-order chi connectivity index (χ0) is 24.7. The summed E-state index contributed by atoms with van der Waals surface area (Å²) in [6, 6.07) is 19.4. The number of anilines is 1. The van der Waals surface area contributed by atoms with Crippen molar-refractivity contribution >= 4 is 40.3 Å². The second-order valence-corrected chi connectivity index (χ2v) is 9.08. The molecule has 34 heavy (non-hydrogen) atoms. The van der Waals surface area contributed by atoms with Gasteiger partial charge in [0.2, 0.25) is 0 Å². The van der Waals surface area contributed by atoms with Crippen LogP contribution in [-0.4, -0.2) is 13.0 Å².